The second-order valence-electron chi connectivity index (χ2n) is 5.76. The summed E-state index contributed by atoms with van der Waals surface area (Å²) in [4.78, 5) is 0. The third-order valence-corrected chi connectivity index (χ3v) is 3.70. The van der Waals surface area contributed by atoms with Crippen LogP contribution in [-0.2, 0) is 6.42 Å². The molecule has 0 amide bonds. The van der Waals surface area contributed by atoms with E-state index in [1.165, 1.54) is 11.1 Å². The molecular weight excluding hydrogens is 226 g/mol. The Labute approximate surface area is 108 Å². The summed E-state index contributed by atoms with van der Waals surface area (Å²) < 4.78 is 11.9. The summed E-state index contributed by atoms with van der Waals surface area (Å²) in [7, 11) is 0. The van der Waals surface area contributed by atoms with Gasteiger partial charge in [0.15, 0.2) is 11.5 Å². The highest BCUT2D eigenvalue weighted by atomic mass is 16.5. The second kappa shape index (κ2) is 4.16. The molecule has 2 aliphatic heterocycles. The summed E-state index contributed by atoms with van der Waals surface area (Å²) in [5.74, 6) is 1.94. The van der Waals surface area contributed by atoms with Crippen molar-refractivity contribution in [3.05, 3.63) is 23.3 Å². The third-order valence-electron chi connectivity index (χ3n) is 3.70. The minimum atomic E-state index is -0.105. The molecule has 98 valence electrons. The van der Waals surface area contributed by atoms with Crippen LogP contribution in [-0.4, -0.2) is 18.8 Å². The van der Waals surface area contributed by atoms with Crippen LogP contribution in [0.4, 0.5) is 0 Å². The van der Waals surface area contributed by atoms with Crippen LogP contribution in [0.25, 0.3) is 0 Å². The Morgan fingerprint density at radius 3 is 2.94 bits per heavy atom. The predicted molar refractivity (Wildman–Crippen MR) is 71.4 cm³/mol. The van der Waals surface area contributed by atoms with E-state index in [0.29, 0.717) is 6.04 Å². The van der Waals surface area contributed by atoms with Crippen molar-refractivity contribution in [3.63, 3.8) is 0 Å². The van der Waals surface area contributed by atoms with E-state index in [4.69, 9.17) is 9.47 Å². The lowest BCUT2D eigenvalue weighted by Crippen LogP contribution is -2.27. The Kier molecular flexibility index (Phi) is 2.74. The summed E-state index contributed by atoms with van der Waals surface area (Å²) in [6.45, 7) is 8.15. The zero-order chi connectivity index (χ0) is 12.8. The van der Waals surface area contributed by atoms with Gasteiger partial charge in [-0.2, -0.15) is 0 Å². The van der Waals surface area contributed by atoms with Gasteiger partial charge in [0.05, 0.1) is 6.61 Å². The summed E-state index contributed by atoms with van der Waals surface area (Å²) >= 11 is 0. The lowest BCUT2D eigenvalue weighted by atomic mass is 9.96. The van der Waals surface area contributed by atoms with Crippen molar-refractivity contribution in [2.75, 3.05) is 13.2 Å². The molecule has 0 aliphatic carbocycles. The molecule has 0 spiro atoms. The highest BCUT2D eigenvalue weighted by molar-refractivity contribution is 5.56. The largest absolute Gasteiger partial charge is 0.489 e. The SMILES string of the molecule is CCNC1CCOc2c1ccc1c2OC(C)(C)C1. The molecule has 1 atom stereocenters. The number of fused-ring (bicyclic) bond motifs is 3. The maximum Gasteiger partial charge on any atom is 0.166 e. The van der Waals surface area contributed by atoms with Gasteiger partial charge in [0.25, 0.3) is 0 Å². The van der Waals surface area contributed by atoms with Crippen molar-refractivity contribution < 1.29 is 9.47 Å². The smallest absolute Gasteiger partial charge is 0.166 e. The third kappa shape index (κ3) is 1.87. The van der Waals surface area contributed by atoms with Gasteiger partial charge >= 0.3 is 0 Å². The fourth-order valence-corrected chi connectivity index (χ4v) is 2.96. The predicted octanol–water partition coefficient (Wildman–Crippen LogP) is 2.83. The van der Waals surface area contributed by atoms with E-state index in [1.54, 1.807) is 0 Å². The van der Waals surface area contributed by atoms with E-state index < -0.39 is 0 Å². The monoisotopic (exact) mass is 247 g/mol. The molecule has 1 unspecified atom stereocenters. The molecule has 3 rings (SSSR count). The van der Waals surface area contributed by atoms with Crippen molar-refractivity contribution in [1.29, 1.82) is 0 Å². The minimum Gasteiger partial charge on any atom is -0.489 e. The number of benzene rings is 1. The molecule has 18 heavy (non-hydrogen) atoms. The Bertz CT molecular complexity index is 468. The van der Waals surface area contributed by atoms with E-state index >= 15 is 0 Å². The fourth-order valence-electron chi connectivity index (χ4n) is 2.96. The van der Waals surface area contributed by atoms with Crippen molar-refractivity contribution in [2.24, 2.45) is 0 Å². The molecule has 0 radical (unpaired) electrons. The molecule has 0 bridgehead atoms. The first-order valence-electron chi connectivity index (χ1n) is 6.82. The van der Waals surface area contributed by atoms with E-state index in [2.05, 4.69) is 38.2 Å². The highest BCUT2D eigenvalue weighted by Crippen LogP contribution is 2.47. The van der Waals surface area contributed by atoms with Gasteiger partial charge in [-0.1, -0.05) is 19.1 Å². The van der Waals surface area contributed by atoms with Crippen LogP contribution in [0.2, 0.25) is 0 Å². The first-order valence-corrected chi connectivity index (χ1v) is 6.82. The van der Waals surface area contributed by atoms with Gasteiger partial charge in [0.2, 0.25) is 0 Å². The topological polar surface area (TPSA) is 30.5 Å². The average molecular weight is 247 g/mol. The van der Waals surface area contributed by atoms with E-state index in [0.717, 1.165) is 37.5 Å². The standard InChI is InChI=1S/C15H21NO2/c1-4-16-12-7-8-17-14-11(12)6-5-10-9-15(2,3)18-13(10)14/h5-6,12,16H,4,7-9H2,1-3H3. The molecule has 0 aromatic heterocycles. The van der Waals surface area contributed by atoms with Crippen LogP contribution < -0.4 is 14.8 Å². The first kappa shape index (κ1) is 11.8. The van der Waals surface area contributed by atoms with Gasteiger partial charge in [0.1, 0.15) is 5.60 Å². The van der Waals surface area contributed by atoms with Crippen LogP contribution in [0.15, 0.2) is 12.1 Å². The number of hydrogen-bond acceptors (Lipinski definition) is 3. The van der Waals surface area contributed by atoms with Gasteiger partial charge in [-0.3, -0.25) is 0 Å². The van der Waals surface area contributed by atoms with Crippen LogP contribution in [0.5, 0.6) is 11.5 Å². The molecule has 0 saturated heterocycles. The zero-order valence-electron chi connectivity index (χ0n) is 11.4. The van der Waals surface area contributed by atoms with Gasteiger partial charge in [-0.25, -0.2) is 0 Å². The van der Waals surface area contributed by atoms with Crippen molar-refractivity contribution >= 4 is 0 Å². The zero-order valence-corrected chi connectivity index (χ0v) is 11.4. The quantitative estimate of drug-likeness (QED) is 0.871. The van der Waals surface area contributed by atoms with Crippen LogP contribution >= 0.6 is 0 Å². The number of nitrogens with one attached hydrogen (secondary N) is 1. The molecule has 3 nitrogen and oxygen atoms in total. The summed E-state index contributed by atoms with van der Waals surface area (Å²) in [6, 6.07) is 4.80. The van der Waals surface area contributed by atoms with E-state index in [1.807, 2.05) is 0 Å². The average Bonchev–Trinajstić information content (AvgIpc) is 2.64. The molecule has 2 heterocycles. The lowest BCUT2D eigenvalue weighted by Gasteiger charge is -2.28. The summed E-state index contributed by atoms with van der Waals surface area (Å²) in [6.07, 6.45) is 1.99. The summed E-state index contributed by atoms with van der Waals surface area (Å²) in [5, 5.41) is 3.52. The molecule has 3 heteroatoms. The Morgan fingerprint density at radius 1 is 1.33 bits per heavy atom. The van der Waals surface area contributed by atoms with Gasteiger partial charge in [-0.05, 0) is 20.4 Å². The molecule has 0 saturated carbocycles. The van der Waals surface area contributed by atoms with E-state index in [-0.39, 0.29) is 5.60 Å². The normalized spacial score (nSPS) is 23.8. The van der Waals surface area contributed by atoms with Crippen molar-refractivity contribution in [3.8, 4) is 11.5 Å². The fraction of sp³-hybridized carbons (Fsp3) is 0.600. The molecule has 1 aromatic carbocycles. The Hall–Kier alpha value is -1.22. The van der Waals surface area contributed by atoms with Crippen LogP contribution in [0.3, 0.4) is 0 Å². The Balaban J connectivity index is 2.02. The van der Waals surface area contributed by atoms with Crippen LogP contribution in [0, 0.1) is 0 Å². The van der Waals surface area contributed by atoms with Gasteiger partial charge < -0.3 is 14.8 Å². The van der Waals surface area contributed by atoms with Crippen molar-refractivity contribution in [2.45, 2.75) is 45.3 Å². The maximum absolute atomic E-state index is 6.07. The van der Waals surface area contributed by atoms with Gasteiger partial charge in [-0.15, -0.1) is 0 Å². The molecular formula is C15H21NO2. The number of rotatable bonds is 2. The number of hydrogen-bond donors (Lipinski definition) is 1. The molecule has 2 aliphatic rings. The Morgan fingerprint density at radius 2 is 2.17 bits per heavy atom. The molecule has 1 aromatic rings. The second-order valence-corrected chi connectivity index (χ2v) is 5.76. The lowest BCUT2D eigenvalue weighted by molar-refractivity contribution is 0.129. The maximum atomic E-state index is 6.07. The van der Waals surface area contributed by atoms with Crippen LogP contribution in [0.1, 0.15) is 44.4 Å². The number of ether oxygens (including phenoxy) is 2. The molecule has 1 N–H and O–H groups in total. The first-order chi connectivity index (χ1) is 8.61. The molecule has 0 fully saturated rings. The minimum absolute atomic E-state index is 0.105. The van der Waals surface area contributed by atoms with Gasteiger partial charge in [0, 0.05) is 30.0 Å². The summed E-state index contributed by atoms with van der Waals surface area (Å²) in [5.41, 5.74) is 2.42. The highest BCUT2D eigenvalue weighted by Gasteiger charge is 2.35. The van der Waals surface area contributed by atoms with Crippen molar-refractivity contribution in [1.82, 2.24) is 5.32 Å². The van der Waals surface area contributed by atoms with E-state index in [9.17, 15) is 0 Å².